The minimum atomic E-state index is 0.867. The molecule has 0 aromatic rings. The molecular weight excluding hydrogens is 232 g/mol. The lowest BCUT2D eigenvalue weighted by molar-refractivity contribution is 0.112. The van der Waals surface area contributed by atoms with Crippen LogP contribution in [-0.2, 0) is 0 Å². The summed E-state index contributed by atoms with van der Waals surface area (Å²) in [5, 5.41) is 0. The first-order valence-corrected chi connectivity index (χ1v) is 8.83. The Morgan fingerprint density at radius 2 is 1.79 bits per heavy atom. The molecule has 2 saturated heterocycles. The summed E-state index contributed by atoms with van der Waals surface area (Å²) in [6, 6.07) is 1.74. The van der Waals surface area contributed by atoms with Gasteiger partial charge >= 0.3 is 0 Å². The lowest BCUT2D eigenvalue weighted by Crippen LogP contribution is -2.46. The monoisotopic (exact) mass is 266 g/mol. The van der Waals surface area contributed by atoms with E-state index < -0.39 is 0 Å². The highest BCUT2D eigenvalue weighted by atomic mass is 15.3. The summed E-state index contributed by atoms with van der Waals surface area (Å²) in [6.45, 7) is 10.1. The second-order valence-corrected chi connectivity index (χ2v) is 6.62. The van der Waals surface area contributed by atoms with E-state index in [9.17, 15) is 0 Å². The van der Waals surface area contributed by atoms with Gasteiger partial charge < -0.3 is 0 Å². The molecule has 0 spiro atoms. The third kappa shape index (κ3) is 4.46. The summed E-state index contributed by atoms with van der Waals surface area (Å²) in [4.78, 5) is 5.64. The minimum absolute atomic E-state index is 0.867. The van der Waals surface area contributed by atoms with E-state index >= 15 is 0 Å². The van der Waals surface area contributed by atoms with Gasteiger partial charge in [-0.25, -0.2) is 0 Å². The van der Waals surface area contributed by atoms with Crippen molar-refractivity contribution < 1.29 is 0 Å². The first-order valence-electron chi connectivity index (χ1n) is 8.83. The summed E-state index contributed by atoms with van der Waals surface area (Å²) in [6.07, 6.45) is 12.7. The van der Waals surface area contributed by atoms with Crippen LogP contribution in [-0.4, -0.2) is 48.1 Å². The molecule has 0 amide bonds. The van der Waals surface area contributed by atoms with Crippen LogP contribution >= 0.6 is 0 Å². The third-order valence-electron chi connectivity index (χ3n) is 5.11. The lowest BCUT2D eigenvalue weighted by Gasteiger charge is -2.37. The highest BCUT2D eigenvalue weighted by molar-refractivity contribution is 4.85. The Labute approximate surface area is 120 Å². The topological polar surface area (TPSA) is 6.48 Å². The SMILES string of the molecule is CCCCC(CCC)N1CCCN2CCCCC2C1. The van der Waals surface area contributed by atoms with Gasteiger partial charge in [-0.05, 0) is 51.7 Å². The number of fused-ring (bicyclic) bond motifs is 1. The molecule has 2 atom stereocenters. The molecule has 0 N–H and O–H groups in total. The maximum Gasteiger partial charge on any atom is 0.0223 e. The molecule has 2 aliphatic rings. The van der Waals surface area contributed by atoms with Gasteiger partial charge in [0.25, 0.3) is 0 Å². The Morgan fingerprint density at radius 3 is 2.58 bits per heavy atom. The summed E-state index contributed by atoms with van der Waals surface area (Å²) in [7, 11) is 0. The van der Waals surface area contributed by atoms with Crippen LogP contribution in [0, 0.1) is 0 Å². The first-order chi connectivity index (χ1) is 9.35. The summed E-state index contributed by atoms with van der Waals surface area (Å²) in [5.74, 6) is 0. The number of unbranched alkanes of at least 4 members (excludes halogenated alkanes) is 1. The van der Waals surface area contributed by atoms with Crippen molar-refractivity contribution >= 4 is 0 Å². The molecule has 0 aromatic heterocycles. The van der Waals surface area contributed by atoms with Crippen LogP contribution in [0.4, 0.5) is 0 Å². The van der Waals surface area contributed by atoms with Crippen LogP contribution in [0.3, 0.4) is 0 Å². The molecule has 0 bridgehead atoms. The van der Waals surface area contributed by atoms with E-state index in [0.717, 1.165) is 12.1 Å². The fourth-order valence-electron chi connectivity index (χ4n) is 4.01. The molecule has 0 aromatic carbocycles. The highest BCUT2D eigenvalue weighted by Gasteiger charge is 2.29. The number of hydrogen-bond acceptors (Lipinski definition) is 2. The molecule has 19 heavy (non-hydrogen) atoms. The van der Waals surface area contributed by atoms with Gasteiger partial charge in [-0.3, -0.25) is 9.80 Å². The van der Waals surface area contributed by atoms with Crippen molar-refractivity contribution in [2.75, 3.05) is 26.2 Å². The third-order valence-corrected chi connectivity index (χ3v) is 5.11. The maximum atomic E-state index is 2.86. The van der Waals surface area contributed by atoms with Crippen molar-refractivity contribution in [2.24, 2.45) is 0 Å². The van der Waals surface area contributed by atoms with Crippen LogP contribution in [0.15, 0.2) is 0 Å². The number of nitrogens with zero attached hydrogens (tertiary/aromatic N) is 2. The van der Waals surface area contributed by atoms with Crippen molar-refractivity contribution in [1.29, 1.82) is 0 Å². The largest absolute Gasteiger partial charge is 0.299 e. The Bertz CT molecular complexity index is 241. The molecule has 2 nitrogen and oxygen atoms in total. The minimum Gasteiger partial charge on any atom is -0.299 e. The van der Waals surface area contributed by atoms with Crippen molar-refractivity contribution in [1.82, 2.24) is 9.80 Å². The Hall–Kier alpha value is -0.0800. The average molecular weight is 266 g/mol. The fraction of sp³-hybridized carbons (Fsp3) is 1.00. The summed E-state index contributed by atoms with van der Waals surface area (Å²) < 4.78 is 0. The molecule has 2 unspecified atom stereocenters. The quantitative estimate of drug-likeness (QED) is 0.719. The van der Waals surface area contributed by atoms with Gasteiger partial charge in [0.15, 0.2) is 0 Å². The standard InChI is InChI=1S/C17H34N2/c1-3-5-10-16(9-4-2)19-14-8-13-18-12-7-6-11-17(18)15-19/h16-17H,3-15H2,1-2H3. The molecular formula is C17H34N2. The molecule has 0 saturated carbocycles. The van der Waals surface area contributed by atoms with Crippen molar-refractivity contribution in [3.05, 3.63) is 0 Å². The second kappa shape index (κ2) is 8.26. The second-order valence-electron chi connectivity index (χ2n) is 6.62. The molecule has 2 heterocycles. The van der Waals surface area contributed by atoms with E-state index in [-0.39, 0.29) is 0 Å². The van der Waals surface area contributed by atoms with Crippen molar-refractivity contribution in [3.63, 3.8) is 0 Å². The van der Waals surface area contributed by atoms with E-state index in [1.54, 1.807) is 0 Å². The average Bonchev–Trinajstić information content (AvgIpc) is 2.65. The van der Waals surface area contributed by atoms with Gasteiger partial charge in [-0.2, -0.15) is 0 Å². The van der Waals surface area contributed by atoms with Gasteiger partial charge in [-0.1, -0.05) is 39.5 Å². The van der Waals surface area contributed by atoms with Crippen molar-refractivity contribution in [2.45, 2.75) is 83.7 Å². The van der Waals surface area contributed by atoms with Crippen LogP contribution in [0.5, 0.6) is 0 Å². The highest BCUT2D eigenvalue weighted by Crippen LogP contribution is 2.24. The number of rotatable bonds is 6. The maximum absolute atomic E-state index is 2.86. The summed E-state index contributed by atoms with van der Waals surface area (Å²) in [5.41, 5.74) is 0. The predicted octanol–water partition coefficient (Wildman–Crippen LogP) is 3.91. The predicted molar refractivity (Wildman–Crippen MR) is 83.6 cm³/mol. The lowest BCUT2D eigenvalue weighted by atomic mass is 9.99. The Kier molecular flexibility index (Phi) is 6.66. The van der Waals surface area contributed by atoms with Crippen LogP contribution in [0.1, 0.15) is 71.6 Å². The molecule has 112 valence electrons. The molecule has 2 fully saturated rings. The zero-order valence-electron chi connectivity index (χ0n) is 13.2. The van der Waals surface area contributed by atoms with E-state index in [4.69, 9.17) is 0 Å². The van der Waals surface area contributed by atoms with E-state index in [1.807, 2.05) is 0 Å². The number of hydrogen-bond donors (Lipinski definition) is 0. The van der Waals surface area contributed by atoms with Gasteiger partial charge in [0.1, 0.15) is 0 Å². The zero-order chi connectivity index (χ0) is 13.5. The molecule has 0 radical (unpaired) electrons. The van der Waals surface area contributed by atoms with Gasteiger partial charge in [0.05, 0.1) is 0 Å². The smallest absolute Gasteiger partial charge is 0.0223 e. The Balaban J connectivity index is 1.92. The molecule has 0 aliphatic carbocycles. The molecule has 2 rings (SSSR count). The van der Waals surface area contributed by atoms with E-state index in [0.29, 0.717) is 0 Å². The zero-order valence-corrected chi connectivity index (χ0v) is 13.2. The number of piperidine rings is 1. The fourth-order valence-corrected chi connectivity index (χ4v) is 4.01. The molecule has 2 aliphatic heterocycles. The van der Waals surface area contributed by atoms with Gasteiger partial charge in [0.2, 0.25) is 0 Å². The van der Waals surface area contributed by atoms with Crippen LogP contribution in [0.2, 0.25) is 0 Å². The molecule has 2 heteroatoms. The van der Waals surface area contributed by atoms with E-state index in [1.165, 1.54) is 84.0 Å². The van der Waals surface area contributed by atoms with Crippen LogP contribution < -0.4 is 0 Å². The van der Waals surface area contributed by atoms with Crippen LogP contribution in [0.25, 0.3) is 0 Å². The van der Waals surface area contributed by atoms with E-state index in [2.05, 4.69) is 23.6 Å². The summed E-state index contributed by atoms with van der Waals surface area (Å²) >= 11 is 0. The van der Waals surface area contributed by atoms with Gasteiger partial charge in [0, 0.05) is 18.6 Å². The Morgan fingerprint density at radius 1 is 0.947 bits per heavy atom. The normalized spacial score (nSPS) is 27.8. The van der Waals surface area contributed by atoms with Gasteiger partial charge in [-0.15, -0.1) is 0 Å². The first kappa shape index (κ1) is 15.3. The van der Waals surface area contributed by atoms with Crippen molar-refractivity contribution in [3.8, 4) is 0 Å².